The first kappa shape index (κ1) is 15.3. The molecule has 2 nitrogen and oxygen atoms in total. The third-order valence-electron chi connectivity index (χ3n) is 2.84. The first-order chi connectivity index (χ1) is 9.77. The van der Waals surface area contributed by atoms with Crippen LogP contribution in [0.5, 0.6) is 0 Å². The van der Waals surface area contributed by atoms with Crippen LogP contribution in [0.25, 0.3) is 16.5 Å². The second-order valence-electron chi connectivity index (χ2n) is 4.40. The lowest BCUT2D eigenvalue weighted by Crippen LogP contribution is -2.07. The van der Waals surface area contributed by atoms with Crippen LogP contribution in [0.1, 0.15) is 16.0 Å². The van der Waals surface area contributed by atoms with Crippen LogP contribution < -0.4 is 0 Å². The van der Waals surface area contributed by atoms with Gasteiger partial charge >= 0.3 is 12.1 Å². The summed E-state index contributed by atoms with van der Waals surface area (Å²) in [6.07, 6.45) is -1.98. The van der Waals surface area contributed by atoms with Gasteiger partial charge in [-0.15, -0.1) is 11.3 Å². The average Bonchev–Trinajstić information content (AvgIpc) is 2.84. The number of benzene rings is 1. The van der Waals surface area contributed by atoms with Crippen LogP contribution in [0.4, 0.5) is 13.2 Å². The Morgan fingerprint density at radius 3 is 2.57 bits per heavy atom. The number of alkyl halides is 3. The summed E-state index contributed by atoms with van der Waals surface area (Å²) in [5.41, 5.74) is -0.0160. The average molecular weight is 312 g/mol. The van der Waals surface area contributed by atoms with Crippen LogP contribution in [-0.2, 0) is 11.0 Å². The summed E-state index contributed by atoms with van der Waals surface area (Å²) >= 11 is 1.24. The number of thiophene rings is 1. The number of halogens is 3. The Bertz CT molecular complexity index is 699. The number of carboxylic acids is 1. The molecule has 0 unspecified atom stereocenters. The topological polar surface area (TPSA) is 37.3 Å². The minimum Gasteiger partial charge on any atom is -0.478 e. The molecule has 1 aromatic carbocycles. The predicted molar refractivity (Wildman–Crippen MR) is 76.2 cm³/mol. The first-order valence-corrected chi connectivity index (χ1v) is 6.78. The predicted octanol–water partition coefficient (Wildman–Crippen LogP) is 4.84. The molecule has 0 atom stereocenters. The van der Waals surface area contributed by atoms with Gasteiger partial charge < -0.3 is 5.11 Å². The van der Waals surface area contributed by atoms with E-state index in [2.05, 4.69) is 0 Å². The summed E-state index contributed by atoms with van der Waals surface area (Å²) in [4.78, 5) is 11.8. The number of carboxylic acid groups (broad SMARTS) is 1. The molecule has 2 rings (SSSR count). The lowest BCUT2D eigenvalue weighted by atomic mass is 10.0. The first-order valence-electron chi connectivity index (χ1n) is 5.96. The number of aliphatic carboxylic acids is 1. The summed E-state index contributed by atoms with van der Waals surface area (Å²) in [7, 11) is 0. The van der Waals surface area contributed by atoms with Crippen LogP contribution in [0.2, 0.25) is 0 Å². The molecule has 0 bridgehead atoms. The van der Waals surface area contributed by atoms with Crippen molar-refractivity contribution in [2.24, 2.45) is 0 Å². The Morgan fingerprint density at radius 1 is 1.24 bits per heavy atom. The summed E-state index contributed by atoms with van der Waals surface area (Å²) in [5.74, 6) is -1.07. The van der Waals surface area contributed by atoms with Gasteiger partial charge in [-0.3, -0.25) is 0 Å². The molecule has 0 radical (unpaired) electrons. The zero-order chi connectivity index (χ0) is 15.6. The van der Waals surface area contributed by atoms with E-state index < -0.39 is 17.7 Å². The maximum absolute atomic E-state index is 12.9. The quantitative estimate of drug-likeness (QED) is 0.823. The van der Waals surface area contributed by atoms with E-state index in [1.54, 1.807) is 18.2 Å². The van der Waals surface area contributed by atoms with Gasteiger partial charge in [-0.25, -0.2) is 4.79 Å². The third kappa shape index (κ3) is 3.72. The van der Waals surface area contributed by atoms with Crippen LogP contribution in [0, 0.1) is 6.92 Å². The second-order valence-corrected chi connectivity index (χ2v) is 5.52. The molecule has 1 aromatic heterocycles. The van der Waals surface area contributed by atoms with Crippen LogP contribution in [0.15, 0.2) is 36.4 Å². The van der Waals surface area contributed by atoms with Crippen molar-refractivity contribution in [3.8, 4) is 10.4 Å². The monoisotopic (exact) mass is 312 g/mol. The van der Waals surface area contributed by atoms with Crippen molar-refractivity contribution in [2.45, 2.75) is 13.1 Å². The van der Waals surface area contributed by atoms with Gasteiger partial charge in [0, 0.05) is 15.8 Å². The number of carbonyl (C=O) groups is 1. The summed E-state index contributed by atoms with van der Waals surface area (Å²) in [6, 6.07) is 7.53. The van der Waals surface area contributed by atoms with Crippen molar-refractivity contribution in [1.82, 2.24) is 0 Å². The zero-order valence-electron chi connectivity index (χ0n) is 10.9. The largest absolute Gasteiger partial charge is 0.478 e. The molecule has 2 aromatic rings. The van der Waals surface area contributed by atoms with Crippen LogP contribution in [-0.4, -0.2) is 11.1 Å². The number of hydrogen-bond acceptors (Lipinski definition) is 2. The molecule has 0 aliphatic carbocycles. The second kappa shape index (κ2) is 5.73. The van der Waals surface area contributed by atoms with E-state index in [0.717, 1.165) is 12.1 Å². The van der Waals surface area contributed by atoms with Crippen molar-refractivity contribution in [2.75, 3.05) is 0 Å². The number of rotatable bonds is 3. The van der Waals surface area contributed by atoms with Crippen LogP contribution >= 0.6 is 11.3 Å². The Labute approximate surface area is 123 Å². The van der Waals surface area contributed by atoms with E-state index in [-0.39, 0.29) is 5.56 Å². The highest BCUT2D eigenvalue weighted by atomic mass is 32.1. The molecule has 0 saturated heterocycles. The zero-order valence-corrected chi connectivity index (χ0v) is 11.8. The fourth-order valence-electron chi connectivity index (χ4n) is 1.83. The Kier molecular flexibility index (Phi) is 4.18. The lowest BCUT2D eigenvalue weighted by molar-refractivity contribution is -0.138. The van der Waals surface area contributed by atoms with E-state index >= 15 is 0 Å². The molecule has 0 amide bonds. The SMILES string of the molecule is Cc1ccc(-c2ccc(C=CC(=O)O)s2)cc1C(F)(F)F. The Morgan fingerprint density at radius 2 is 1.95 bits per heavy atom. The molecule has 110 valence electrons. The smallest absolute Gasteiger partial charge is 0.416 e. The van der Waals surface area contributed by atoms with Gasteiger partial charge in [-0.2, -0.15) is 13.2 Å². The van der Waals surface area contributed by atoms with E-state index in [4.69, 9.17) is 5.11 Å². The summed E-state index contributed by atoms with van der Waals surface area (Å²) < 4.78 is 38.7. The molecule has 21 heavy (non-hydrogen) atoms. The molecule has 0 fully saturated rings. The van der Waals surface area contributed by atoms with E-state index in [1.165, 1.54) is 30.4 Å². The standard InChI is InChI=1S/C15H11F3O2S/c1-9-2-3-10(8-12(9)15(16,17)18)13-6-4-11(21-13)5-7-14(19)20/h2-8H,1H3,(H,19,20). The minimum absolute atomic E-state index is 0.175. The van der Waals surface area contributed by atoms with E-state index in [1.807, 2.05) is 0 Å². The van der Waals surface area contributed by atoms with Gasteiger partial charge in [-0.1, -0.05) is 12.1 Å². The van der Waals surface area contributed by atoms with Crippen molar-refractivity contribution in [3.05, 3.63) is 52.4 Å². The van der Waals surface area contributed by atoms with Crippen molar-refractivity contribution >= 4 is 23.4 Å². The van der Waals surface area contributed by atoms with Crippen LogP contribution in [0.3, 0.4) is 0 Å². The minimum atomic E-state index is -4.39. The number of hydrogen-bond donors (Lipinski definition) is 1. The van der Waals surface area contributed by atoms with Crippen molar-refractivity contribution in [1.29, 1.82) is 0 Å². The molecule has 1 heterocycles. The molecular weight excluding hydrogens is 301 g/mol. The molecule has 1 N–H and O–H groups in total. The van der Waals surface area contributed by atoms with E-state index in [0.29, 0.717) is 15.3 Å². The lowest BCUT2D eigenvalue weighted by Gasteiger charge is -2.11. The fourth-order valence-corrected chi connectivity index (χ4v) is 2.74. The van der Waals surface area contributed by atoms with Gasteiger partial charge in [-0.05, 0) is 42.3 Å². The van der Waals surface area contributed by atoms with E-state index in [9.17, 15) is 18.0 Å². The third-order valence-corrected chi connectivity index (χ3v) is 3.94. The van der Waals surface area contributed by atoms with Gasteiger partial charge in [0.15, 0.2) is 0 Å². The van der Waals surface area contributed by atoms with Gasteiger partial charge in [0.25, 0.3) is 0 Å². The van der Waals surface area contributed by atoms with Gasteiger partial charge in [0.1, 0.15) is 0 Å². The fraction of sp³-hybridized carbons (Fsp3) is 0.133. The summed E-state index contributed by atoms with van der Waals surface area (Å²) in [5, 5.41) is 8.55. The highest BCUT2D eigenvalue weighted by molar-refractivity contribution is 7.16. The molecule has 0 spiro atoms. The maximum atomic E-state index is 12.9. The molecular formula is C15H11F3O2S. The highest BCUT2D eigenvalue weighted by Crippen LogP contribution is 2.36. The Hall–Kier alpha value is -2.08. The van der Waals surface area contributed by atoms with Crippen molar-refractivity contribution < 1.29 is 23.1 Å². The molecule has 0 saturated carbocycles. The van der Waals surface area contributed by atoms with Crippen molar-refractivity contribution in [3.63, 3.8) is 0 Å². The van der Waals surface area contributed by atoms with Gasteiger partial charge in [0.2, 0.25) is 0 Å². The molecule has 0 aliphatic rings. The molecule has 0 aliphatic heterocycles. The number of aryl methyl sites for hydroxylation is 1. The Balaban J connectivity index is 2.37. The highest BCUT2D eigenvalue weighted by Gasteiger charge is 2.32. The molecule has 6 heteroatoms. The summed E-state index contributed by atoms with van der Waals surface area (Å²) in [6.45, 7) is 1.42. The maximum Gasteiger partial charge on any atom is 0.416 e. The normalized spacial score (nSPS) is 12.0. The van der Waals surface area contributed by atoms with Gasteiger partial charge in [0.05, 0.1) is 5.56 Å².